The second kappa shape index (κ2) is 5.58. The summed E-state index contributed by atoms with van der Waals surface area (Å²) < 4.78 is 19.0. The van der Waals surface area contributed by atoms with E-state index < -0.39 is 0 Å². The summed E-state index contributed by atoms with van der Waals surface area (Å²) in [6.07, 6.45) is 0.0998. The fourth-order valence-corrected chi connectivity index (χ4v) is 2.59. The van der Waals surface area contributed by atoms with E-state index in [1.165, 1.54) is 24.5 Å². The highest BCUT2D eigenvalue weighted by Crippen LogP contribution is 2.29. The lowest BCUT2D eigenvalue weighted by atomic mass is 10.2. The molecule has 0 amide bonds. The molecule has 2 aromatic rings. The molecule has 0 unspecified atom stereocenters. The van der Waals surface area contributed by atoms with E-state index in [4.69, 9.17) is 0 Å². The Bertz CT molecular complexity index is 585. The fourth-order valence-electron chi connectivity index (χ4n) is 1.39. The van der Waals surface area contributed by atoms with E-state index in [0.717, 1.165) is 4.47 Å². The van der Waals surface area contributed by atoms with Gasteiger partial charge in [0, 0.05) is 15.4 Å². The number of methoxy groups -OCH3 is 1. The molecule has 0 radical (unpaired) electrons. The zero-order chi connectivity index (χ0) is 13.1. The Balaban J connectivity index is 2.29. The van der Waals surface area contributed by atoms with Crippen LogP contribution in [0.25, 0.3) is 10.6 Å². The van der Waals surface area contributed by atoms with Crippen LogP contribution in [-0.2, 0) is 16.0 Å². The van der Waals surface area contributed by atoms with Gasteiger partial charge in [-0.05, 0) is 18.2 Å². The Morgan fingerprint density at radius 3 is 3.06 bits per heavy atom. The number of aromatic nitrogens is 1. The molecular weight excluding hydrogens is 321 g/mol. The number of halogens is 2. The molecule has 0 atom stereocenters. The average molecular weight is 330 g/mol. The minimum Gasteiger partial charge on any atom is -0.469 e. The molecule has 6 heteroatoms. The number of nitrogens with zero attached hydrogens (tertiary/aromatic N) is 1. The predicted octanol–water partition coefficient (Wildman–Crippen LogP) is 3.43. The van der Waals surface area contributed by atoms with Crippen molar-refractivity contribution in [1.29, 1.82) is 0 Å². The van der Waals surface area contributed by atoms with Crippen LogP contribution in [-0.4, -0.2) is 18.1 Å². The summed E-state index contributed by atoms with van der Waals surface area (Å²) in [5.74, 6) is -0.696. The van der Waals surface area contributed by atoms with E-state index in [0.29, 0.717) is 16.3 Å². The standard InChI is InChI=1S/C12H9BrFNO2S/c1-17-11(16)5-8-6-18-12(15-8)9-4-7(13)2-3-10(9)14/h2-4,6H,5H2,1H3. The Morgan fingerprint density at radius 1 is 1.56 bits per heavy atom. The molecule has 1 aromatic heterocycles. The number of hydrogen-bond donors (Lipinski definition) is 0. The molecule has 0 saturated carbocycles. The van der Waals surface area contributed by atoms with Crippen molar-refractivity contribution in [1.82, 2.24) is 4.98 Å². The van der Waals surface area contributed by atoms with Crippen molar-refractivity contribution in [2.75, 3.05) is 7.11 Å². The van der Waals surface area contributed by atoms with Gasteiger partial charge < -0.3 is 4.74 Å². The molecule has 0 N–H and O–H groups in total. The van der Waals surface area contributed by atoms with Crippen molar-refractivity contribution in [2.45, 2.75) is 6.42 Å². The Labute approximate surface area is 116 Å². The van der Waals surface area contributed by atoms with Crippen molar-refractivity contribution < 1.29 is 13.9 Å². The molecule has 1 aromatic carbocycles. The van der Waals surface area contributed by atoms with Crippen LogP contribution in [0.1, 0.15) is 5.69 Å². The van der Waals surface area contributed by atoms with Gasteiger partial charge in [0.15, 0.2) is 0 Å². The van der Waals surface area contributed by atoms with Gasteiger partial charge in [-0.3, -0.25) is 4.79 Å². The third-order valence-electron chi connectivity index (χ3n) is 2.26. The number of carbonyl (C=O) groups excluding carboxylic acids is 1. The van der Waals surface area contributed by atoms with Crippen LogP contribution >= 0.6 is 27.3 Å². The number of thiazole rings is 1. The highest BCUT2D eigenvalue weighted by Gasteiger charge is 2.12. The molecule has 0 spiro atoms. The van der Waals surface area contributed by atoms with Gasteiger partial charge in [0.2, 0.25) is 0 Å². The molecule has 0 aliphatic rings. The van der Waals surface area contributed by atoms with Crippen molar-refractivity contribution >= 4 is 33.2 Å². The summed E-state index contributed by atoms with van der Waals surface area (Å²) in [7, 11) is 1.32. The van der Waals surface area contributed by atoms with E-state index >= 15 is 0 Å². The van der Waals surface area contributed by atoms with Crippen LogP contribution in [0.15, 0.2) is 28.1 Å². The zero-order valence-corrected chi connectivity index (χ0v) is 11.8. The predicted molar refractivity (Wildman–Crippen MR) is 70.9 cm³/mol. The van der Waals surface area contributed by atoms with Gasteiger partial charge in [-0.2, -0.15) is 0 Å². The summed E-state index contributed by atoms with van der Waals surface area (Å²) in [5, 5.41) is 2.28. The van der Waals surface area contributed by atoms with E-state index in [9.17, 15) is 9.18 Å². The first-order valence-corrected chi connectivity index (χ1v) is 6.74. The lowest BCUT2D eigenvalue weighted by Crippen LogP contribution is -2.04. The van der Waals surface area contributed by atoms with E-state index in [1.807, 2.05) is 0 Å². The summed E-state index contributed by atoms with van der Waals surface area (Å²) in [6, 6.07) is 4.67. The normalized spacial score (nSPS) is 10.4. The van der Waals surface area contributed by atoms with Crippen molar-refractivity contribution in [3.05, 3.63) is 39.6 Å². The quantitative estimate of drug-likeness (QED) is 0.810. The fraction of sp³-hybridized carbons (Fsp3) is 0.167. The van der Waals surface area contributed by atoms with E-state index in [-0.39, 0.29) is 18.2 Å². The molecule has 0 fully saturated rings. The number of ether oxygens (including phenoxy) is 1. The zero-order valence-electron chi connectivity index (χ0n) is 9.44. The van der Waals surface area contributed by atoms with Gasteiger partial charge in [-0.1, -0.05) is 15.9 Å². The smallest absolute Gasteiger partial charge is 0.311 e. The molecule has 18 heavy (non-hydrogen) atoms. The topological polar surface area (TPSA) is 39.2 Å². The van der Waals surface area contributed by atoms with Gasteiger partial charge in [0.1, 0.15) is 10.8 Å². The molecule has 0 saturated heterocycles. The average Bonchev–Trinajstić information content (AvgIpc) is 2.80. The molecule has 3 nitrogen and oxygen atoms in total. The highest BCUT2D eigenvalue weighted by molar-refractivity contribution is 9.10. The maximum Gasteiger partial charge on any atom is 0.311 e. The first-order valence-electron chi connectivity index (χ1n) is 5.07. The van der Waals surface area contributed by atoms with Crippen LogP contribution in [0.5, 0.6) is 0 Å². The number of benzene rings is 1. The van der Waals surface area contributed by atoms with Crippen LogP contribution in [0.3, 0.4) is 0 Å². The van der Waals surface area contributed by atoms with Crippen molar-refractivity contribution in [2.24, 2.45) is 0 Å². The van der Waals surface area contributed by atoms with Crippen LogP contribution < -0.4 is 0 Å². The molecule has 0 bridgehead atoms. The first-order chi connectivity index (χ1) is 8.60. The lowest BCUT2D eigenvalue weighted by Gasteiger charge is -1.99. The Kier molecular flexibility index (Phi) is 4.08. The third-order valence-corrected chi connectivity index (χ3v) is 3.68. The van der Waals surface area contributed by atoms with Gasteiger partial charge in [0.05, 0.1) is 19.2 Å². The molecule has 2 rings (SSSR count). The maximum absolute atomic E-state index is 13.6. The number of hydrogen-bond acceptors (Lipinski definition) is 4. The Morgan fingerprint density at radius 2 is 2.33 bits per heavy atom. The SMILES string of the molecule is COC(=O)Cc1csc(-c2cc(Br)ccc2F)n1. The molecule has 1 heterocycles. The molecule has 0 aliphatic heterocycles. The lowest BCUT2D eigenvalue weighted by molar-refractivity contribution is -0.139. The number of carbonyl (C=O) groups is 1. The summed E-state index contributed by atoms with van der Waals surface area (Å²) in [6.45, 7) is 0. The van der Waals surface area contributed by atoms with E-state index in [1.54, 1.807) is 17.5 Å². The van der Waals surface area contributed by atoms with Crippen molar-refractivity contribution in [3.8, 4) is 10.6 Å². The largest absolute Gasteiger partial charge is 0.469 e. The third kappa shape index (κ3) is 2.94. The second-order valence-corrected chi connectivity index (χ2v) is 5.29. The van der Waals surface area contributed by atoms with Crippen LogP contribution in [0, 0.1) is 5.82 Å². The van der Waals surface area contributed by atoms with Crippen molar-refractivity contribution in [3.63, 3.8) is 0 Å². The second-order valence-electron chi connectivity index (χ2n) is 3.52. The number of esters is 1. The molecular formula is C12H9BrFNO2S. The molecule has 94 valence electrons. The monoisotopic (exact) mass is 329 g/mol. The van der Waals surface area contributed by atoms with Gasteiger partial charge in [0.25, 0.3) is 0 Å². The summed E-state index contributed by atoms with van der Waals surface area (Å²) in [5.41, 5.74) is 1.01. The highest BCUT2D eigenvalue weighted by atomic mass is 79.9. The molecule has 0 aliphatic carbocycles. The van der Waals surface area contributed by atoms with Gasteiger partial charge in [-0.25, -0.2) is 9.37 Å². The summed E-state index contributed by atoms with van der Waals surface area (Å²) in [4.78, 5) is 15.3. The van der Waals surface area contributed by atoms with Crippen LogP contribution in [0.4, 0.5) is 4.39 Å². The minimum absolute atomic E-state index is 0.0998. The summed E-state index contributed by atoms with van der Waals surface area (Å²) >= 11 is 4.59. The van der Waals surface area contributed by atoms with Gasteiger partial charge >= 0.3 is 5.97 Å². The van der Waals surface area contributed by atoms with E-state index in [2.05, 4.69) is 25.7 Å². The van der Waals surface area contributed by atoms with Crippen LogP contribution in [0.2, 0.25) is 0 Å². The maximum atomic E-state index is 13.6. The van der Waals surface area contributed by atoms with Gasteiger partial charge in [-0.15, -0.1) is 11.3 Å². The Hall–Kier alpha value is -1.27. The minimum atomic E-state index is -0.360. The number of rotatable bonds is 3. The first kappa shape index (κ1) is 13.2.